The van der Waals surface area contributed by atoms with Crippen LogP contribution in [0.3, 0.4) is 0 Å². The van der Waals surface area contributed by atoms with Crippen molar-refractivity contribution < 1.29 is 13.2 Å². The van der Waals surface area contributed by atoms with Crippen molar-refractivity contribution in [3.8, 4) is 0 Å². The van der Waals surface area contributed by atoms with Gasteiger partial charge in [0.05, 0.1) is 10.2 Å². The topological polar surface area (TPSA) is 79.4 Å². The number of thiophene rings is 1. The van der Waals surface area contributed by atoms with Crippen LogP contribution in [0.4, 0.5) is 5.13 Å². The van der Waals surface area contributed by atoms with Crippen LogP contribution < -0.4 is 5.32 Å². The lowest BCUT2D eigenvalue weighted by Gasteiger charge is -2.32. The van der Waals surface area contributed by atoms with E-state index in [1.54, 1.807) is 17.5 Å². The van der Waals surface area contributed by atoms with Crippen LogP contribution in [0.5, 0.6) is 0 Å². The number of piperidine rings is 1. The van der Waals surface area contributed by atoms with Crippen LogP contribution in [0.1, 0.15) is 30.4 Å². The van der Waals surface area contributed by atoms with Crippen LogP contribution in [0, 0.1) is 13.8 Å². The number of anilines is 1. The summed E-state index contributed by atoms with van der Waals surface area (Å²) in [5.41, 5.74) is 3.09. The first-order valence-electron chi connectivity index (χ1n) is 9.10. The number of nitrogens with one attached hydrogen (secondary N) is 1. The zero-order chi connectivity index (χ0) is 19.9. The molecular formula is C19H21N3O3S3. The fourth-order valence-corrected chi connectivity index (χ4v) is 7.29. The van der Waals surface area contributed by atoms with Gasteiger partial charge in [-0.05, 0) is 55.3 Å². The Hall–Kier alpha value is -1.81. The average molecular weight is 436 g/mol. The Balaban J connectivity index is 1.60. The molecule has 1 amide bonds. The van der Waals surface area contributed by atoms with E-state index >= 15 is 0 Å². The Morgan fingerprint density at radius 3 is 2.86 bits per heavy atom. The molecule has 0 aliphatic carbocycles. The van der Waals surface area contributed by atoms with E-state index in [0.29, 0.717) is 18.1 Å². The smallest absolute Gasteiger partial charge is 0.253 e. The van der Waals surface area contributed by atoms with Gasteiger partial charge in [-0.1, -0.05) is 29.9 Å². The van der Waals surface area contributed by atoms with Crippen molar-refractivity contribution in [1.29, 1.82) is 0 Å². The number of aryl methyl sites for hydroxylation is 2. The van der Waals surface area contributed by atoms with Gasteiger partial charge < -0.3 is 5.32 Å². The van der Waals surface area contributed by atoms with Gasteiger partial charge in [-0.3, -0.25) is 4.79 Å². The number of nitrogens with zero attached hydrogens (tertiary/aromatic N) is 2. The van der Waals surface area contributed by atoms with E-state index in [2.05, 4.69) is 16.4 Å². The van der Waals surface area contributed by atoms with E-state index in [0.717, 1.165) is 34.2 Å². The summed E-state index contributed by atoms with van der Waals surface area (Å²) < 4.78 is 28.6. The number of carbonyl (C=O) groups excluding carboxylic acids is 1. The number of benzene rings is 1. The second kappa shape index (κ2) is 7.55. The van der Waals surface area contributed by atoms with Crippen molar-refractivity contribution in [2.45, 2.75) is 43.4 Å². The third-order valence-corrected chi connectivity index (χ3v) is 9.27. The maximum Gasteiger partial charge on any atom is 0.253 e. The van der Waals surface area contributed by atoms with Crippen LogP contribution >= 0.6 is 22.7 Å². The molecule has 1 aliphatic rings. The summed E-state index contributed by atoms with van der Waals surface area (Å²) in [6.45, 7) is 4.39. The van der Waals surface area contributed by atoms with Crippen molar-refractivity contribution >= 4 is 54.0 Å². The number of fused-ring (bicyclic) bond motifs is 1. The number of aromatic nitrogens is 1. The summed E-state index contributed by atoms with van der Waals surface area (Å²) in [4.78, 5) is 17.5. The molecule has 1 saturated heterocycles. The summed E-state index contributed by atoms with van der Waals surface area (Å²) in [5.74, 6) is -0.312. The molecule has 1 aromatic carbocycles. The van der Waals surface area contributed by atoms with Crippen molar-refractivity contribution in [2.75, 3.05) is 11.9 Å². The van der Waals surface area contributed by atoms with E-state index in [9.17, 15) is 13.2 Å². The number of carbonyl (C=O) groups is 1. The molecule has 0 saturated carbocycles. The molecule has 1 aliphatic heterocycles. The SMILES string of the molecule is Cc1cc(C)c2sc(NC(=O)C3CCCCN3S(=O)(=O)c3cccs3)nc2c1. The largest absolute Gasteiger partial charge is 0.301 e. The molecular weight excluding hydrogens is 414 g/mol. The Morgan fingerprint density at radius 2 is 2.11 bits per heavy atom. The molecule has 0 bridgehead atoms. The molecule has 2 aromatic heterocycles. The molecule has 1 unspecified atom stereocenters. The molecule has 0 spiro atoms. The molecule has 4 rings (SSSR count). The minimum Gasteiger partial charge on any atom is -0.301 e. The van der Waals surface area contributed by atoms with Gasteiger partial charge in [-0.2, -0.15) is 4.31 Å². The third kappa shape index (κ3) is 3.59. The van der Waals surface area contributed by atoms with Gasteiger partial charge in [0.15, 0.2) is 5.13 Å². The molecule has 3 heterocycles. The summed E-state index contributed by atoms with van der Waals surface area (Å²) in [7, 11) is -3.67. The summed E-state index contributed by atoms with van der Waals surface area (Å²) >= 11 is 2.60. The molecule has 0 radical (unpaired) electrons. The molecule has 1 fully saturated rings. The molecule has 3 aromatic rings. The van der Waals surface area contributed by atoms with Gasteiger partial charge in [0.2, 0.25) is 5.91 Å². The minimum atomic E-state index is -3.67. The van der Waals surface area contributed by atoms with Crippen LogP contribution in [-0.2, 0) is 14.8 Å². The molecule has 9 heteroatoms. The first-order valence-corrected chi connectivity index (χ1v) is 12.2. The molecule has 1 atom stereocenters. The predicted molar refractivity (Wildman–Crippen MR) is 114 cm³/mol. The molecule has 6 nitrogen and oxygen atoms in total. The van der Waals surface area contributed by atoms with Crippen molar-refractivity contribution in [1.82, 2.24) is 9.29 Å². The van der Waals surface area contributed by atoms with Crippen LogP contribution in [-0.4, -0.2) is 36.2 Å². The monoisotopic (exact) mass is 435 g/mol. The Morgan fingerprint density at radius 1 is 1.29 bits per heavy atom. The second-order valence-electron chi connectivity index (χ2n) is 7.00. The number of hydrogen-bond donors (Lipinski definition) is 1. The number of thiazole rings is 1. The lowest BCUT2D eigenvalue weighted by Crippen LogP contribution is -2.49. The molecule has 1 N–H and O–H groups in total. The standard InChI is InChI=1S/C19H21N3O3S3/c1-12-10-13(2)17-14(11-12)20-19(27-17)21-18(23)15-6-3-4-8-22(15)28(24,25)16-7-5-9-26-16/h5,7,9-11,15H,3-4,6,8H2,1-2H3,(H,20,21,23). The Kier molecular flexibility index (Phi) is 5.26. The lowest BCUT2D eigenvalue weighted by atomic mass is 10.0. The van der Waals surface area contributed by atoms with Crippen LogP contribution in [0.2, 0.25) is 0 Å². The third-order valence-electron chi connectivity index (χ3n) is 4.86. The van der Waals surface area contributed by atoms with E-state index in [4.69, 9.17) is 0 Å². The van der Waals surface area contributed by atoms with Gasteiger partial charge in [0, 0.05) is 6.54 Å². The highest BCUT2D eigenvalue weighted by molar-refractivity contribution is 7.91. The Labute approximate surface area is 172 Å². The van der Waals surface area contributed by atoms with E-state index in [1.165, 1.54) is 27.0 Å². The van der Waals surface area contributed by atoms with Gasteiger partial charge in [0.1, 0.15) is 10.3 Å². The van der Waals surface area contributed by atoms with Crippen molar-refractivity contribution in [3.05, 3.63) is 40.8 Å². The maximum absolute atomic E-state index is 13.0. The number of sulfonamides is 1. The average Bonchev–Trinajstić information content (AvgIpc) is 3.32. The van der Waals surface area contributed by atoms with E-state index < -0.39 is 16.1 Å². The first kappa shape index (κ1) is 19.5. The highest BCUT2D eigenvalue weighted by Gasteiger charge is 2.38. The molecule has 148 valence electrons. The second-order valence-corrected chi connectivity index (χ2v) is 11.1. The number of amides is 1. The summed E-state index contributed by atoms with van der Waals surface area (Å²) in [6.07, 6.45) is 2.10. The number of hydrogen-bond acceptors (Lipinski definition) is 6. The first-order chi connectivity index (χ1) is 13.4. The van der Waals surface area contributed by atoms with Gasteiger partial charge in [0.25, 0.3) is 10.0 Å². The lowest BCUT2D eigenvalue weighted by molar-refractivity contribution is -0.120. The minimum absolute atomic E-state index is 0.276. The normalized spacial score (nSPS) is 18.4. The quantitative estimate of drug-likeness (QED) is 0.667. The zero-order valence-corrected chi connectivity index (χ0v) is 18.1. The highest BCUT2D eigenvalue weighted by Crippen LogP contribution is 2.32. The Bertz CT molecular complexity index is 1120. The van der Waals surface area contributed by atoms with Crippen molar-refractivity contribution in [2.24, 2.45) is 0 Å². The fourth-order valence-electron chi connectivity index (χ4n) is 3.60. The highest BCUT2D eigenvalue weighted by atomic mass is 32.2. The number of rotatable bonds is 4. The van der Waals surface area contributed by atoms with Gasteiger partial charge >= 0.3 is 0 Å². The van der Waals surface area contributed by atoms with Gasteiger partial charge in [-0.15, -0.1) is 11.3 Å². The fraction of sp³-hybridized carbons (Fsp3) is 0.368. The van der Waals surface area contributed by atoms with Gasteiger partial charge in [-0.25, -0.2) is 13.4 Å². The van der Waals surface area contributed by atoms with Crippen molar-refractivity contribution in [3.63, 3.8) is 0 Å². The maximum atomic E-state index is 13.0. The summed E-state index contributed by atoms with van der Waals surface area (Å²) in [5, 5.41) is 5.10. The van der Waals surface area contributed by atoms with Crippen LogP contribution in [0.15, 0.2) is 33.9 Å². The van der Waals surface area contributed by atoms with E-state index in [1.807, 2.05) is 19.9 Å². The summed E-state index contributed by atoms with van der Waals surface area (Å²) in [6, 6.07) is 6.66. The predicted octanol–water partition coefficient (Wildman–Crippen LogP) is 4.16. The zero-order valence-electron chi connectivity index (χ0n) is 15.6. The van der Waals surface area contributed by atoms with Crippen LogP contribution in [0.25, 0.3) is 10.2 Å². The van der Waals surface area contributed by atoms with E-state index in [-0.39, 0.29) is 10.1 Å². The molecule has 28 heavy (non-hydrogen) atoms.